The predicted molar refractivity (Wildman–Crippen MR) is 110 cm³/mol. The fraction of sp³-hybridized carbons (Fsp3) is 0.409. The summed E-state index contributed by atoms with van der Waals surface area (Å²) in [4.78, 5) is 16.5. The van der Waals surface area contributed by atoms with Crippen molar-refractivity contribution in [3.8, 4) is 5.75 Å². The average molecular weight is 421 g/mol. The summed E-state index contributed by atoms with van der Waals surface area (Å²) in [5.41, 5.74) is 0.899. The molecule has 162 valence electrons. The number of hydrogen-bond donors (Lipinski definition) is 1. The van der Waals surface area contributed by atoms with E-state index in [1.807, 2.05) is 24.3 Å². The Morgan fingerprint density at radius 1 is 1.10 bits per heavy atom. The van der Waals surface area contributed by atoms with Crippen molar-refractivity contribution < 1.29 is 22.7 Å². The number of anilines is 1. The first-order valence-corrected chi connectivity index (χ1v) is 9.85. The largest absolute Gasteiger partial charge is 0.497 e. The molecule has 1 atom stereocenters. The van der Waals surface area contributed by atoms with Crippen molar-refractivity contribution in [3.05, 3.63) is 59.7 Å². The van der Waals surface area contributed by atoms with Gasteiger partial charge in [-0.1, -0.05) is 12.1 Å². The van der Waals surface area contributed by atoms with Crippen molar-refractivity contribution >= 4 is 11.6 Å². The minimum Gasteiger partial charge on any atom is -0.497 e. The molecule has 0 unspecified atom stereocenters. The molecule has 2 aromatic carbocycles. The molecular weight excluding hydrogens is 395 g/mol. The quantitative estimate of drug-likeness (QED) is 0.773. The lowest BCUT2D eigenvalue weighted by Gasteiger charge is -2.36. The molecule has 0 radical (unpaired) electrons. The molecule has 1 aliphatic heterocycles. The highest BCUT2D eigenvalue weighted by atomic mass is 19.4. The minimum atomic E-state index is -4.38. The van der Waals surface area contributed by atoms with Gasteiger partial charge in [0.05, 0.1) is 19.2 Å². The van der Waals surface area contributed by atoms with Crippen LogP contribution in [0.5, 0.6) is 5.75 Å². The molecule has 2 aromatic rings. The fourth-order valence-electron chi connectivity index (χ4n) is 3.46. The molecule has 1 amide bonds. The van der Waals surface area contributed by atoms with Crippen LogP contribution in [0, 0.1) is 0 Å². The molecule has 1 aliphatic rings. The van der Waals surface area contributed by atoms with Gasteiger partial charge in [-0.2, -0.15) is 13.2 Å². The topological polar surface area (TPSA) is 44.8 Å². The van der Waals surface area contributed by atoms with Crippen LogP contribution in [-0.2, 0) is 11.0 Å². The Morgan fingerprint density at radius 3 is 2.37 bits per heavy atom. The highest BCUT2D eigenvalue weighted by Crippen LogP contribution is 2.30. The van der Waals surface area contributed by atoms with E-state index in [4.69, 9.17) is 4.74 Å². The van der Waals surface area contributed by atoms with E-state index in [2.05, 4.69) is 10.2 Å². The molecule has 1 N–H and O–H groups in total. The van der Waals surface area contributed by atoms with Gasteiger partial charge in [-0.15, -0.1) is 0 Å². The van der Waals surface area contributed by atoms with E-state index < -0.39 is 11.7 Å². The number of carbonyl (C=O) groups is 1. The molecule has 0 bridgehead atoms. The summed E-state index contributed by atoms with van der Waals surface area (Å²) in [6.07, 6.45) is -4.38. The Balaban J connectivity index is 1.49. The molecule has 1 heterocycles. The summed E-state index contributed by atoms with van der Waals surface area (Å²) in [7, 11) is 1.63. The highest BCUT2D eigenvalue weighted by Gasteiger charge is 2.30. The van der Waals surface area contributed by atoms with E-state index >= 15 is 0 Å². The molecule has 0 saturated carbocycles. The minimum absolute atomic E-state index is 0.0526. The number of halogens is 3. The summed E-state index contributed by atoms with van der Waals surface area (Å²) >= 11 is 0. The summed E-state index contributed by atoms with van der Waals surface area (Å²) in [5.74, 6) is 0.747. The predicted octanol–water partition coefficient (Wildman–Crippen LogP) is 3.71. The van der Waals surface area contributed by atoms with Gasteiger partial charge >= 0.3 is 6.18 Å². The molecule has 30 heavy (non-hydrogen) atoms. The summed E-state index contributed by atoms with van der Waals surface area (Å²) < 4.78 is 43.8. The van der Waals surface area contributed by atoms with Gasteiger partial charge in [-0.3, -0.25) is 4.79 Å². The van der Waals surface area contributed by atoms with Crippen LogP contribution in [0.15, 0.2) is 48.5 Å². The van der Waals surface area contributed by atoms with Crippen molar-refractivity contribution in [1.29, 1.82) is 0 Å². The van der Waals surface area contributed by atoms with Crippen LogP contribution >= 0.6 is 0 Å². The number of alkyl halides is 3. The van der Waals surface area contributed by atoms with Crippen LogP contribution in [-0.4, -0.2) is 50.6 Å². The lowest BCUT2D eigenvalue weighted by Crippen LogP contribution is -2.51. The molecule has 5 nitrogen and oxygen atoms in total. The number of amides is 1. The molecule has 0 aromatic heterocycles. The van der Waals surface area contributed by atoms with Crippen LogP contribution in [0.4, 0.5) is 18.9 Å². The Labute approximate surface area is 174 Å². The zero-order chi connectivity index (χ0) is 21.7. The van der Waals surface area contributed by atoms with Gasteiger partial charge in [0.2, 0.25) is 5.91 Å². The summed E-state index contributed by atoms with van der Waals surface area (Å²) in [6, 6.07) is 12.6. The van der Waals surface area contributed by atoms with Crippen LogP contribution in [0.2, 0.25) is 0 Å². The second-order valence-electron chi connectivity index (χ2n) is 7.29. The normalized spacial score (nSPS) is 15.8. The number of hydrogen-bond acceptors (Lipinski definition) is 4. The van der Waals surface area contributed by atoms with Crippen LogP contribution in [0.1, 0.15) is 24.1 Å². The summed E-state index contributed by atoms with van der Waals surface area (Å²) in [6.45, 7) is 4.49. The Bertz CT molecular complexity index is 847. The van der Waals surface area contributed by atoms with E-state index in [-0.39, 0.29) is 18.5 Å². The van der Waals surface area contributed by atoms with Gasteiger partial charge in [-0.05, 0) is 48.9 Å². The molecule has 0 aliphatic carbocycles. The van der Waals surface area contributed by atoms with E-state index in [9.17, 15) is 18.0 Å². The SMILES string of the molecule is COc1ccc(N2CCN(C(=O)CN[C@@H](C)c3cccc(C(F)(F)F)c3)CC2)cc1. The Hall–Kier alpha value is -2.74. The second kappa shape index (κ2) is 9.38. The van der Waals surface area contributed by atoms with Crippen molar-refractivity contribution in [1.82, 2.24) is 10.2 Å². The number of carbonyl (C=O) groups excluding carboxylic acids is 1. The summed E-state index contributed by atoms with van der Waals surface area (Å²) in [5, 5.41) is 3.04. The first-order chi connectivity index (χ1) is 14.3. The van der Waals surface area contributed by atoms with Crippen LogP contribution in [0.3, 0.4) is 0 Å². The van der Waals surface area contributed by atoms with Crippen LogP contribution in [0.25, 0.3) is 0 Å². The number of nitrogens with one attached hydrogen (secondary N) is 1. The number of rotatable bonds is 6. The molecule has 1 saturated heterocycles. The number of ether oxygens (including phenoxy) is 1. The van der Waals surface area contributed by atoms with Crippen molar-refractivity contribution in [3.63, 3.8) is 0 Å². The zero-order valence-corrected chi connectivity index (χ0v) is 17.1. The third-order valence-corrected chi connectivity index (χ3v) is 5.34. The van der Waals surface area contributed by atoms with E-state index in [1.54, 1.807) is 25.0 Å². The van der Waals surface area contributed by atoms with Gasteiger partial charge in [-0.25, -0.2) is 0 Å². The second-order valence-corrected chi connectivity index (χ2v) is 7.29. The molecule has 1 fully saturated rings. The maximum atomic E-state index is 12.9. The lowest BCUT2D eigenvalue weighted by atomic mass is 10.0. The first-order valence-electron chi connectivity index (χ1n) is 9.85. The van der Waals surface area contributed by atoms with Crippen molar-refractivity contribution in [2.75, 3.05) is 44.7 Å². The monoisotopic (exact) mass is 421 g/mol. The Morgan fingerprint density at radius 2 is 1.77 bits per heavy atom. The third kappa shape index (κ3) is 5.44. The van der Waals surface area contributed by atoms with Crippen molar-refractivity contribution in [2.24, 2.45) is 0 Å². The molecule has 8 heteroatoms. The molecular formula is C22H26F3N3O2. The van der Waals surface area contributed by atoms with E-state index in [0.717, 1.165) is 36.7 Å². The van der Waals surface area contributed by atoms with Crippen molar-refractivity contribution in [2.45, 2.75) is 19.1 Å². The van der Waals surface area contributed by atoms with Gasteiger partial charge in [0.25, 0.3) is 0 Å². The maximum Gasteiger partial charge on any atom is 0.416 e. The number of piperazine rings is 1. The third-order valence-electron chi connectivity index (χ3n) is 5.34. The number of methoxy groups -OCH3 is 1. The highest BCUT2D eigenvalue weighted by molar-refractivity contribution is 5.78. The van der Waals surface area contributed by atoms with Gasteiger partial charge < -0.3 is 19.9 Å². The van der Waals surface area contributed by atoms with Gasteiger partial charge in [0.1, 0.15) is 5.75 Å². The Kier molecular flexibility index (Phi) is 6.87. The first kappa shape index (κ1) is 22.0. The smallest absolute Gasteiger partial charge is 0.416 e. The lowest BCUT2D eigenvalue weighted by molar-refractivity contribution is -0.137. The van der Waals surface area contributed by atoms with E-state index in [1.165, 1.54) is 6.07 Å². The maximum absolute atomic E-state index is 12.9. The number of benzene rings is 2. The van der Waals surface area contributed by atoms with Crippen LogP contribution < -0.4 is 15.0 Å². The number of nitrogens with zero attached hydrogens (tertiary/aromatic N) is 2. The zero-order valence-electron chi connectivity index (χ0n) is 17.1. The standard InChI is InChI=1S/C22H26F3N3O2/c1-16(17-4-3-5-18(14-17)22(23,24)25)26-15-21(29)28-12-10-27(11-13-28)19-6-8-20(30-2)9-7-19/h3-9,14,16,26H,10-13,15H2,1-2H3/t16-/m0/s1. The van der Waals surface area contributed by atoms with Gasteiger partial charge in [0.15, 0.2) is 0 Å². The fourth-order valence-corrected chi connectivity index (χ4v) is 3.46. The van der Waals surface area contributed by atoms with Gasteiger partial charge in [0, 0.05) is 37.9 Å². The van der Waals surface area contributed by atoms with E-state index in [0.29, 0.717) is 18.7 Å². The molecule has 3 rings (SSSR count). The molecule has 0 spiro atoms. The average Bonchev–Trinajstić information content (AvgIpc) is 2.77.